The third kappa shape index (κ3) is 2.51. The zero-order valence-corrected chi connectivity index (χ0v) is 9.89. The molecule has 1 aromatic rings. The maximum absolute atomic E-state index is 5.79. The van der Waals surface area contributed by atoms with Crippen LogP contribution in [0, 0.1) is 0 Å². The minimum absolute atomic E-state index is 0.0464. The molecule has 0 amide bonds. The average Bonchev–Trinajstić information content (AvgIpc) is 2.29. The maximum atomic E-state index is 5.79. The van der Waals surface area contributed by atoms with E-state index in [1.165, 1.54) is 0 Å². The number of hydrogen-bond donors (Lipinski definition) is 1. The van der Waals surface area contributed by atoms with E-state index in [-0.39, 0.29) is 12.1 Å². The van der Waals surface area contributed by atoms with Gasteiger partial charge < -0.3 is 15.4 Å². The van der Waals surface area contributed by atoms with Crippen LogP contribution in [0.2, 0.25) is 0 Å². The fourth-order valence-corrected chi connectivity index (χ4v) is 1.88. The number of aromatic nitrogens is 1. The summed E-state index contributed by atoms with van der Waals surface area (Å²) in [5.41, 5.74) is 6.86. The van der Waals surface area contributed by atoms with E-state index in [0.717, 1.165) is 31.1 Å². The Labute approximate surface area is 96.4 Å². The zero-order chi connectivity index (χ0) is 11.5. The molecule has 4 nitrogen and oxygen atoms in total. The molecule has 0 spiro atoms. The molecule has 2 N–H and O–H groups in total. The Hall–Kier alpha value is -1.13. The molecule has 2 atom stereocenters. The van der Waals surface area contributed by atoms with Gasteiger partial charge in [-0.2, -0.15) is 0 Å². The van der Waals surface area contributed by atoms with E-state index in [0.29, 0.717) is 0 Å². The molecule has 2 rings (SSSR count). The molecular formula is C12H19N3O. The van der Waals surface area contributed by atoms with Crippen LogP contribution in [0.25, 0.3) is 0 Å². The summed E-state index contributed by atoms with van der Waals surface area (Å²) in [4.78, 5) is 6.70. The molecule has 0 aliphatic carbocycles. The second kappa shape index (κ2) is 4.80. The quantitative estimate of drug-likeness (QED) is 0.818. The van der Waals surface area contributed by atoms with Crippen LogP contribution in [0.15, 0.2) is 18.3 Å². The van der Waals surface area contributed by atoms with Gasteiger partial charge in [-0.25, -0.2) is 4.98 Å². The van der Waals surface area contributed by atoms with Crippen LogP contribution in [0.5, 0.6) is 0 Å². The van der Waals surface area contributed by atoms with Gasteiger partial charge >= 0.3 is 0 Å². The van der Waals surface area contributed by atoms with Gasteiger partial charge in [0.05, 0.1) is 12.7 Å². The summed E-state index contributed by atoms with van der Waals surface area (Å²) in [6, 6.07) is 4.13. The number of hydrogen-bond acceptors (Lipinski definition) is 4. The molecule has 4 heteroatoms. The van der Waals surface area contributed by atoms with Crippen LogP contribution in [-0.4, -0.2) is 30.8 Å². The van der Waals surface area contributed by atoms with Gasteiger partial charge in [-0.05, 0) is 25.5 Å². The number of pyridine rings is 1. The van der Waals surface area contributed by atoms with Crippen molar-refractivity contribution < 1.29 is 4.74 Å². The van der Waals surface area contributed by atoms with Crippen LogP contribution < -0.4 is 10.6 Å². The molecule has 0 radical (unpaired) electrons. The van der Waals surface area contributed by atoms with E-state index in [2.05, 4.69) is 16.8 Å². The van der Waals surface area contributed by atoms with Gasteiger partial charge in [0.2, 0.25) is 0 Å². The highest BCUT2D eigenvalue weighted by Crippen LogP contribution is 2.17. The first kappa shape index (κ1) is 11.4. The largest absolute Gasteiger partial charge is 0.375 e. The van der Waals surface area contributed by atoms with Gasteiger partial charge in [0.1, 0.15) is 5.82 Å². The van der Waals surface area contributed by atoms with Crippen molar-refractivity contribution in [2.45, 2.75) is 26.0 Å². The Morgan fingerprint density at radius 2 is 2.38 bits per heavy atom. The van der Waals surface area contributed by atoms with Crippen LogP contribution >= 0.6 is 0 Å². The average molecular weight is 221 g/mol. The van der Waals surface area contributed by atoms with Crippen molar-refractivity contribution in [1.82, 2.24) is 4.98 Å². The topological polar surface area (TPSA) is 51.4 Å². The second-order valence-corrected chi connectivity index (χ2v) is 4.37. The van der Waals surface area contributed by atoms with Crippen LogP contribution in [0.1, 0.15) is 25.5 Å². The van der Waals surface area contributed by atoms with Crippen molar-refractivity contribution in [3.05, 3.63) is 23.9 Å². The molecule has 0 aromatic carbocycles. The van der Waals surface area contributed by atoms with Crippen molar-refractivity contribution in [1.29, 1.82) is 0 Å². The van der Waals surface area contributed by atoms with Gasteiger partial charge in [-0.3, -0.25) is 0 Å². The Bertz CT molecular complexity index is 337. The summed E-state index contributed by atoms with van der Waals surface area (Å²) in [6.07, 6.45) is 2.14. The van der Waals surface area contributed by atoms with Gasteiger partial charge in [-0.1, -0.05) is 6.07 Å². The maximum Gasteiger partial charge on any atom is 0.128 e. The smallest absolute Gasteiger partial charge is 0.128 e. The van der Waals surface area contributed by atoms with E-state index in [1.807, 2.05) is 25.3 Å². The first-order valence-corrected chi connectivity index (χ1v) is 5.75. The van der Waals surface area contributed by atoms with Crippen LogP contribution in [0.3, 0.4) is 0 Å². The van der Waals surface area contributed by atoms with E-state index < -0.39 is 0 Å². The number of anilines is 1. The molecule has 1 saturated heterocycles. The highest BCUT2D eigenvalue weighted by molar-refractivity contribution is 5.40. The summed E-state index contributed by atoms with van der Waals surface area (Å²) in [5.74, 6) is 1.01. The van der Waals surface area contributed by atoms with Crippen LogP contribution in [-0.2, 0) is 4.74 Å². The van der Waals surface area contributed by atoms with Crippen molar-refractivity contribution >= 4 is 5.82 Å². The molecule has 1 aromatic heterocycles. The first-order valence-electron chi connectivity index (χ1n) is 5.75. The van der Waals surface area contributed by atoms with Crippen molar-refractivity contribution in [2.75, 3.05) is 24.6 Å². The molecule has 1 unspecified atom stereocenters. The van der Waals surface area contributed by atoms with Crippen LogP contribution in [0.4, 0.5) is 5.82 Å². The molecule has 88 valence electrons. The lowest BCUT2D eigenvalue weighted by Gasteiger charge is -2.32. The highest BCUT2D eigenvalue weighted by atomic mass is 16.5. The minimum Gasteiger partial charge on any atom is -0.375 e. The zero-order valence-electron chi connectivity index (χ0n) is 9.89. The SMILES string of the molecule is CC1CN(c2ccc([C@@H](C)N)cn2)CCO1. The number of nitrogens with two attached hydrogens (primary N) is 1. The van der Waals surface area contributed by atoms with Gasteiger partial charge in [0, 0.05) is 25.3 Å². The summed E-state index contributed by atoms with van der Waals surface area (Å²) >= 11 is 0. The standard InChI is InChI=1S/C12H19N3O/c1-9-8-15(5-6-16-9)12-4-3-11(7-14-12)10(2)13/h3-4,7,9-10H,5-6,8,13H2,1-2H3/t9?,10-/m1/s1. The normalized spacial score (nSPS) is 23.2. The minimum atomic E-state index is 0.0464. The Morgan fingerprint density at radius 3 is 2.94 bits per heavy atom. The number of ether oxygens (including phenoxy) is 1. The molecule has 16 heavy (non-hydrogen) atoms. The lowest BCUT2D eigenvalue weighted by Crippen LogP contribution is -2.41. The molecule has 0 bridgehead atoms. The predicted octanol–water partition coefficient (Wildman–Crippen LogP) is 1.33. The molecule has 2 heterocycles. The molecule has 1 aliphatic rings. The predicted molar refractivity (Wildman–Crippen MR) is 64.5 cm³/mol. The fourth-order valence-electron chi connectivity index (χ4n) is 1.88. The third-order valence-electron chi connectivity index (χ3n) is 2.86. The van der Waals surface area contributed by atoms with E-state index in [1.54, 1.807) is 0 Å². The van der Waals surface area contributed by atoms with Gasteiger partial charge in [0.25, 0.3) is 0 Å². The lowest BCUT2D eigenvalue weighted by atomic mass is 10.1. The van der Waals surface area contributed by atoms with Gasteiger partial charge in [-0.15, -0.1) is 0 Å². The highest BCUT2D eigenvalue weighted by Gasteiger charge is 2.17. The summed E-state index contributed by atoms with van der Waals surface area (Å²) in [6.45, 7) is 6.65. The molecule has 0 saturated carbocycles. The summed E-state index contributed by atoms with van der Waals surface area (Å²) < 4.78 is 5.50. The second-order valence-electron chi connectivity index (χ2n) is 4.37. The number of morpholine rings is 1. The Morgan fingerprint density at radius 1 is 1.56 bits per heavy atom. The third-order valence-corrected chi connectivity index (χ3v) is 2.86. The van der Waals surface area contributed by atoms with Gasteiger partial charge in [0.15, 0.2) is 0 Å². The van der Waals surface area contributed by atoms with E-state index >= 15 is 0 Å². The number of nitrogens with zero attached hydrogens (tertiary/aromatic N) is 2. The van der Waals surface area contributed by atoms with E-state index in [4.69, 9.17) is 10.5 Å². The van der Waals surface area contributed by atoms with Crippen molar-refractivity contribution in [2.24, 2.45) is 5.73 Å². The number of rotatable bonds is 2. The monoisotopic (exact) mass is 221 g/mol. The summed E-state index contributed by atoms with van der Waals surface area (Å²) in [5, 5.41) is 0. The molecular weight excluding hydrogens is 202 g/mol. The van der Waals surface area contributed by atoms with Crippen molar-refractivity contribution in [3.63, 3.8) is 0 Å². The molecule has 1 aliphatic heterocycles. The van der Waals surface area contributed by atoms with Crippen molar-refractivity contribution in [3.8, 4) is 0 Å². The first-order chi connectivity index (χ1) is 7.66. The molecule has 1 fully saturated rings. The fraction of sp³-hybridized carbons (Fsp3) is 0.583. The Kier molecular flexibility index (Phi) is 3.41. The summed E-state index contributed by atoms with van der Waals surface area (Å²) in [7, 11) is 0. The Balaban J connectivity index is 2.09. The lowest BCUT2D eigenvalue weighted by molar-refractivity contribution is 0.0529. The van der Waals surface area contributed by atoms with E-state index in [9.17, 15) is 0 Å².